The maximum Gasteiger partial charge on any atom is 0.255 e. The molecule has 2 amide bonds. The molecule has 0 aliphatic rings. The molecule has 0 bridgehead atoms. The molecule has 0 aliphatic heterocycles. The molecule has 1 aromatic heterocycles. The van der Waals surface area contributed by atoms with E-state index < -0.39 is 0 Å². The Balaban J connectivity index is 1.66. The number of carbonyl (C=O) groups excluding carboxylic acids is 2. The second-order valence-electron chi connectivity index (χ2n) is 7.19. The van der Waals surface area contributed by atoms with Crippen LogP contribution in [0.25, 0.3) is 0 Å². The van der Waals surface area contributed by atoms with Gasteiger partial charge in [0.25, 0.3) is 5.91 Å². The number of benzene rings is 2. The van der Waals surface area contributed by atoms with Gasteiger partial charge in [-0.05, 0) is 44.4 Å². The van der Waals surface area contributed by atoms with Crippen molar-refractivity contribution in [3.63, 3.8) is 0 Å². The topological polar surface area (TPSA) is 76.0 Å². The molecule has 6 nitrogen and oxygen atoms in total. The minimum absolute atomic E-state index is 0.102. The normalized spacial score (nSPS) is 10.6. The maximum absolute atomic E-state index is 12.7. The van der Waals surface area contributed by atoms with Crippen LogP contribution in [0.1, 0.15) is 38.4 Å². The Morgan fingerprint density at radius 2 is 1.59 bits per heavy atom. The SMILES string of the molecule is Cc1cccc(C)c1NC(=O)CNC(=O)c1c(C)nn(Cc2ccccc2)c1C. The van der Waals surface area contributed by atoms with Crippen LogP contribution in [0.5, 0.6) is 0 Å². The average Bonchev–Trinajstić information content (AvgIpc) is 2.97. The zero-order valence-corrected chi connectivity index (χ0v) is 17.2. The number of rotatable bonds is 6. The van der Waals surface area contributed by atoms with E-state index in [0.717, 1.165) is 28.1 Å². The molecule has 150 valence electrons. The number of nitrogens with one attached hydrogen (secondary N) is 2. The molecule has 0 spiro atoms. The van der Waals surface area contributed by atoms with Gasteiger partial charge in [0.2, 0.25) is 5.91 Å². The second kappa shape index (κ2) is 8.73. The third-order valence-electron chi connectivity index (χ3n) is 4.94. The summed E-state index contributed by atoms with van der Waals surface area (Å²) in [4.78, 5) is 25.0. The van der Waals surface area contributed by atoms with E-state index in [1.54, 1.807) is 6.92 Å². The van der Waals surface area contributed by atoms with Gasteiger partial charge < -0.3 is 10.6 Å². The van der Waals surface area contributed by atoms with E-state index in [1.165, 1.54) is 0 Å². The van der Waals surface area contributed by atoms with Crippen LogP contribution in [0, 0.1) is 27.7 Å². The Bertz CT molecular complexity index is 1020. The molecule has 29 heavy (non-hydrogen) atoms. The van der Waals surface area contributed by atoms with E-state index in [1.807, 2.05) is 74.0 Å². The fourth-order valence-electron chi connectivity index (χ4n) is 3.38. The molecule has 2 aromatic carbocycles. The Morgan fingerprint density at radius 1 is 0.931 bits per heavy atom. The lowest BCUT2D eigenvalue weighted by Gasteiger charge is -2.12. The van der Waals surface area contributed by atoms with Crippen LogP contribution in [0.3, 0.4) is 0 Å². The zero-order chi connectivity index (χ0) is 21.0. The number of hydrogen-bond acceptors (Lipinski definition) is 3. The van der Waals surface area contributed by atoms with E-state index in [9.17, 15) is 9.59 Å². The van der Waals surface area contributed by atoms with Crippen molar-refractivity contribution in [1.29, 1.82) is 0 Å². The van der Waals surface area contributed by atoms with Crippen molar-refractivity contribution in [2.75, 3.05) is 11.9 Å². The van der Waals surface area contributed by atoms with E-state index in [4.69, 9.17) is 0 Å². The molecular weight excluding hydrogens is 364 g/mol. The molecule has 0 unspecified atom stereocenters. The second-order valence-corrected chi connectivity index (χ2v) is 7.19. The minimum Gasteiger partial charge on any atom is -0.343 e. The Labute approximate surface area is 170 Å². The number of anilines is 1. The van der Waals surface area contributed by atoms with Gasteiger partial charge in [-0.15, -0.1) is 0 Å². The maximum atomic E-state index is 12.7. The van der Waals surface area contributed by atoms with Gasteiger partial charge in [-0.1, -0.05) is 48.5 Å². The summed E-state index contributed by atoms with van der Waals surface area (Å²) in [5.74, 6) is -0.557. The standard InChI is InChI=1S/C23H26N4O2/c1-15-9-8-10-16(2)22(15)25-20(28)13-24-23(29)21-17(3)26-27(18(21)4)14-19-11-6-5-7-12-19/h5-12H,13-14H2,1-4H3,(H,24,29)(H,25,28). The van der Waals surface area contributed by atoms with E-state index in [0.29, 0.717) is 17.8 Å². The molecule has 1 heterocycles. The van der Waals surface area contributed by atoms with Gasteiger partial charge in [-0.3, -0.25) is 14.3 Å². The van der Waals surface area contributed by atoms with E-state index >= 15 is 0 Å². The summed E-state index contributed by atoms with van der Waals surface area (Å²) in [5.41, 5.74) is 5.80. The first-order valence-electron chi connectivity index (χ1n) is 9.59. The van der Waals surface area contributed by atoms with Gasteiger partial charge in [-0.2, -0.15) is 5.10 Å². The molecule has 3 rings (SSSR count). The summed E-state index contributed by atoms with van der Waals surface area (Å²) in [6, 6.07) is 15.8. The molecule has 0 aliphatic carbocycles. The largest absolute Gasteiger partial charge is 0.343 e. The summed E-state index contributed by atoms with van der Waals surface area (Å²) >= 11 is 0. The van der Waals surface area contributed by atoms with Gasteiger partial charge in [0.05, 0.1) is 24.3 Å². The molecule has 6 heteroatoms. The predicted octanol–water partition coefficient (Wildman–Crippen LogP) is 3.53. The van der Waals surface area contributed by atoms with Gasteiger partial charge in [0, 0.05) is 11.4 Å². The quantitative estimate of drug-likeness (QED) is 0.676. The highest BCUT2D eigenvalue weighted by Crippen LogP contribution is 2.19. The average molecular weight is 390 g/mol. The van der Waals surface area contributed by atoms with Gasteiger partial charge in [0.1, 0.15) is 0 Å². The molecule has 0 radical (unpaired) electrons. The van der Waals surface area contributed by atoms with Crippen molar-refractivity contribution in [2.24, 2.45) is 0 Å². The van der Waals surface area contributed by atoms with Crippen LogP contribution in [-0.2, 0) is 11.3 Å². The predicted molar refractivity (Wildman–Crippen MR) is 114 cm³/mol. The molecule has 0 saturated heterocycles. The fraction of sp³-hybridized carbons (Fsp3) is 0.261. The Morgan fingerprint density at radius 3 is 2.24 bits per heavy atom. The highest BCUT2D eigenvalue weighted by atomic mass is 16.2. The zero-order valence-electron chi connectivity index (χ0n) is 17.2. The highest BCUT2D eigenvalue weighted by molar-refractivity contribution is 6.01. The minimum atomic E-state index is -0.295. The Kier molecular flexibility index (Phi) is 6.12. The number of para-hydroxylation sites is 1. The van der Waals surface area contributed by atoms with E-state index in [2.05, 4.69) is 15.7 Å². The molecule has 0 saturated carbocycles. The third-order valence-corrected chi connectivity index (χ3v) is 4.94. The number of aryl methyl sites for hydroxylation is 3. The van der Waals surface area contributed by atoms with Gasteiger partial charge in [-0.25, -0.2) is 0 Å². The molecular formula is C23H26N4O2. The number of hydrogen-bond donors (Lipinski definition) is 2. The van der Waals surface area contributed by atoms with Crippen LogP contribution in [-0.4, -0.2) is 28.1 Å². The molecule has 0 atom stereocenters. The van der Waals surface area contributed by atoms with Crippen molar-refractivity contribution in [2.45, 2.75) is 34.2 Å². The van der Waals surface area contributed by atoms with Gasteiger partial charge in [0.15, 0.2) is 0 Å². The van der Waals surface area contributed by atoms with Crippen molar-refractivity contribution in [1.82, 2.24) is 15.1 Å². The first kappa shape index (κ1) is 20.3. The number of nitrogens with zero attached hydrogens (tertiary/aromatic N) is 2. The number of carbonyl (C=O) groups is 2. The monoisotopic (exact) mass is 390 g/mol. The van der Waals surface area contributed by atoms with Crippen LogP contribution in [0.15, 0.2) is 48.5 Å². The fourth-order valence-corrected chi connectivity index (χ4v) is 3.38. The summed E-state index contributed by atoms with van der Waals surface area (Å²) < 4.78 is 1.82. The summed E-state index contributed by atoms with van der Waals surface area (Å²) in [6.45, 7) is 8.04. The van der Waals surface area contributed by atoms with Gasteiger partial charge >= 0.3 is 0 Å². The van der Waals surface area contributed by atoms with Crippen molar-refractivity contribution < 1.29 is 9.59 Å². The molecule has 0 fully saturated rings. The first-order valence-corrected chi connectivity index (χ1v) is 9.59. The lowest BCUT2D eigenvalue weighted by molar-refractivity contribution is -0.115. The summed E-state index contributed by atoms with van der Waals surface area (Å²) in [6.07, 6.45) is 0. The smallest absolute Gasteiger partial charge is 0.255 e. The lowest BCUT2D eigenvalue weighted by Crippen LogP contribution is -2.33. The third kappa shape index (κ3) is 4.71. The van der Waals surface area contributed by atoms with Crippen molar-refractivity contribution in [3.8, 4) is 0 Å². The number of amides is 2. The Hall–Kier alpha value is -3.41. The van der Waals surface area contributed by atoms with Crippen LogP contribution in [0.4, 0.5) is 5.69 Å². The lowest BCUT2D eigenvalue weighted by atomic mass is 10.1. The molecule has 2 N–H and O–H groups in total. The van der Waals surface area contributed by atoms with E-state index in [-0.39, 0.29) is 18.4 Å². The first-order chi connectivity index (χ1) is 13.9. The number of aromatic nitrogens is 2. The van der Waals surface area contributed by atoms with Crippen molar-refractivity contribution >= 4 is 17.5 Å². The molecule has 3 aromatic rings. The summed E-state index contributed by atoms with van der Waals surface area (Å²) in [7, 11) is 0. The van der Waals surface area contributed by atoms with Crippen LogP contribution >= 0.6 is 0 Å². The summed E-state index contributed by atoms with van der Waals surface area (Å²) in [5, 5.41) is 10.1. The highest BCUT2D eigenvalue weighted by Gasteiger charge is 2.19. The van der Waals surface area contributed by atoms with Crippen molar-refractivity contribution in [3.05, 3.63) is 82.2 Å². The van der Waals surface area contributed by atoms with Crippen LogP contribution < -0.4 is 10.6 Å². The van der Waals surface area contributed by atoms with Crippen LogP contribution in [0.2, 0.25) is 0 Å².